The number of quaternary nitrogens is 1. The van der Waals surface area contributed by atoms with Crippen LogP contribution in [0.1, 0.15) is 6.92 Å². The number of halogens is 1. The van der Waals surface area contributed by atoms with Crippen LogP contribution >= 0.6 is 22.6 Å². The number of ether oxygens (including phenoxy) is 1. The molecule has 0 heterocycles. The number of benzene rings is 2. The summed E-state index contributed by atoms with van der Waals surface area (Å²) in [4.78, 5) is 11.3. The molecule has 2 N–H and O–H groups in total. The summed E-state index contributed by atoms with van der Waals surface area (Å²) in [5.41, 5.74) is 1.16. The number of alkyl halides is 1. The summed E-state index contributed by atoms with van der Waals surface area (Å²) in [6.07, 6.45) is 0. The number of carbonyl (C=O) groups is 1. The summed E-state index contributed by atoms with van der Waals surface area (Å²) in [6.45, 7) is 3.02. The number of esters is 1. The maximum atomic E-state index is 11.3. The number of nitrogens with two attached hydrogens (primary N) is 1. The van der Waals surface area contributed by atoms with Crippen LogP contribution in [0.4, 0.5) is 5.69 Å². The molecule has 0 saturated carbocycles. The van der Waals surface area contributed by atoms with Gasteiger partial charge in [-0.2, -0.15) is 0 Å². The Kier molecular flexibility index (Phi) is 5.15. The quantitative estimate of drug-likeness (QED) is 0.289. The number of rotatable bonds is 5. The summed E-state index contributed by atoms with van der Waals surface area (Å²) in [5, 5.41) is 4.57. The minimum absolute atomic E-state index is 0.0849. The first kappa shape index (κ1) is 14.3. The van der Waals surface area contributed by atoms with Crippen molar-refractivity contribution < 1.29 is 14.8 Å². The summed E-state index contributed by atoms with van der Waals surface area (Å²) < 4.78 is 5.05. The average molecular weight is 370 g/mol. The van der Waals surface area contributed by atoms with Gasteiger partial charge in [-0.15, -0.1) is 0 Å². The third kappa shape index (κ3) is 4.18. The molecule has 0 aliphatic carbocycles. The number of carbonyl (C=O) groups excluding carboxylic acids is 1. The van der Waals surface area contributed by atoms with Crippen molar-refractivity contribution in [2.24, 2.45) is 0 Å². The Balaban J connectivity index is 1.86. The molecule has 0 radical (unpaired) electrons. The van der Waals surface area contributed by atoms with Gasteiger partial charge in [0.25, 0.3) is 0 Å². The molecule has 0 fully saturated rings. The topological polar surface area (TPSA) is 42.9 Å². The Morgan fingerprint density at radius 3 is 2.74 bits per heavy atom. The molecule has 0 aliphatic rings. The first-order valence-electron chi connectivity index (χ1n) is 6.29. The first-order valence-corrected chi connectivity index (χ1v) is 7.54. The van der Waals surface area contributed by atoms with Gasteiger partial charge in [0.1, 0.15) is 22.8 Å². The first-order chi connectivity index (χ1) is 9.16. The van der Waals surface area contributed by atoms with Crippen molar-refractivity contribution in [3.63, 3.8) is 0 Å². The van der Waals surface area contributed by atoms with E-state index >= 15 is 0 Å². The lowest BCUT2D eigenvalue weighted by molar-refractivity contribution is -0.573. The third-order valence-corrected chi connectivity index (χ3v) is 3.35. The molecule has 0 saturated heterocycles. The molecule has 0 aliphatic heterocycles. The molecular formula is C15H17INO2+. The largest absolute Gasteiger partial charge is 0.459 e. The zero-order valence-corrected chi connectivity index (χ0v) is 13.0. The third-order valence-electron chi connectivity index (χ3n) is 2.84. The van der Waals surface area contributed by atoms with Gasteiger partial charge in [0.05, 0.1) is 0 Å². The van der Waals surface area contributed by atoms with Crippen LogP contribution in [0.3, 0.4) is 0 Å². The normalized spacial score (nSPS) is 12.3. The fourth-order valence-corrected chi connectivity index (χ4v) is 2.01. The van der Waals surface area contributed by atoms with Crippen LogP contribution in [-0.2, 0) is 9.53 Å². The van der Waals surface area contributed by atoms with Crippen LogP contribution < -0.4 is 5.32 Å². The minimum Gasteiger partial charge on any atom is -0.459 e. The molecule has 0 spiro atoms. The van der Waals surface area contributed by atoms with Crippen molar-refractivity contribution in [1.29, 1.82) is 0 Å². The molecule has 3 nitrogen and oxygen atoms in total. The summed E-state index contributed by atoms with van der Waals surface area (Å²) in [7, 11) is 0. The van der Waals surface area contributed by atoms with Gasteiger partial charge in [0, 0.05) is 6.07 Å². The van der Waals surface area contributed by atoms with Gasteiger partial charge in [0.15, 0.2) is 0 Å². The zero-order valence-electron chi connectivity index (χ0n) is 10.8. The van der Waals surface area contributed by atoms with Crippen molar-refractivity contribution in [3.8, 4) is 0 Å². The Labute approximate surface area is 126 Å². The molecule has 19 heavy (non-hydrogen) atoms. The Bertz CT molecular complexity index is 569. The van der Waals surface area contributed by atoms with E-state index in [2.05, 4.69) is 58.2 Å². The molecule has 4 heteroatoms. The highest BCUT2D eigenvalue weighted by Gasteiger charge is 2.09. The van der Waals surface area contributed by atoms with Gasteiger partial charge in [-0.25, -0.2) is 0 Å². The van der Waals surface area contributed by atoms with Crippen LogP contribution in [0.15, 0.2) is 42.5 Å². The van der Waals surface area contributed by atoms with Crippen LogP contribution in [0.5, 0.6) is 0 Å². The molecule has 2 rings (SSSR count). The van der Waals surface area contributed by atoms with Crippen LogP contribution in [0.25, 0.3) is 10.8 Å². The summed E-state index contributed by atoms with van der Waals surface area (Å²) in [6, 6.07) is 14.6. The van der Waals surface area contributed by atoms with Crippen molar-refractivity contribution >= 4 is 45.0 Å². The van der Waals surface area contributed by atoms with Gasteiger partial charge in [-0.3, -0.25) is 4.79 Å². The van der Waals surface area contributed by atoms with E-state index in [0.29, 0.717) is 6.61 Å². The lowest BCUT2D eigenvalue weighted by atomic mass is 10.1. The molecular weight excluding hydrogens is 353 g/mol. The van der Waals surface area contributed by atoms with Gasteiger partial charge >= 0.3 is 5.97 Å². The van der Waals surface area contributed by atoms with Gasteiger partial charge in [-0.05, 0) is 29.8 Å². The number of hydrogen-bond acceptors (Lipinski definition) is 2. The second-order valence-corrected chi connectivity index (χ2v) is 6.25. The predicted octanol–water partition coefficient (Wildman–Crippen LogP) is 2.40. The fraction of sp³-hybridized carbons (Fsp3) is 0.267. The molecule has 1 unspecified atom stereocenters. The summed E-state index contributed by atoms with van der Waals surface area (Å²) in [5.74, 6) is -0.146. The highest BCUT2D eigenvalue weighted by molar-refractivity contribution is 14.1. The maximum absolute atomic E-state index is 11.3. The minimum atomic E-state index is -0.146. The fourth-order valence-electron chi connectivity index (χ4n) is 1.83. The Morgan fingerprint density at radius 2 is 2.00 bits per heavy atom. The molecule has 0 bridgehead atoms. The zero-order chi connectivity index (χ0) is 13.7. The molecule has 0 amide bonds. The van der Waals surface area contributed by atoms with E-state index < -0.39 is 0 Å². The maximum Gasteiger partial charge on any atom is 0.318 e. The standard InChI is InChI=1S/C15H16INO2/c1-11(16)15(18)19-9-8-17-14-7-6-12-4-2-3-5-13(12)10-14/h2-7,10-11,17H,8-9H2,1H3/p+1. The van der Waals surface area contributed by atoms with E-state index in [-0.39, 0.29) is 9.89 Å². The van der Waals surface area contributed by atoms with Crippen molar-refractivity contribution in [2.45, 2.75) is 10.8 Å². The van der Waals surface area contributed by atoms with Crippen LogP contribution in [0, 0.1) is 0 Å². The molecule has 2 aromatic carbocycles. The van der Waals surface area contributed by atoms with Crippen LogP contribution in [-0.4, -0.2) is 23.0 Å². The number of hydrogen-bond donors (Lipinski definition) is 1. The average Bonchev–Trinajstić information content (AvgIpc) is 2.43. The molecule has 0 aromatic heterocycles. The summed E-state index contributed by atoms with van der Waals surface area (Å²) >= 11 is 2.06. The Hall–Kier alpha value is -1.14. The molecule has 100 valence electrons. The van der Waals surface area contributed by atoms with E-state index in [0.717, 1.165) is 12.2 Å². The monoisotopic (exact) mass is 370 g/mol. The van der Waals surface area contributed by atoms with Crippen molar-refractivity contribution in [3.05, 3.63) is 42.5 Å². The lowest BCUT2D eigenvalue weighted by Gasteiger charge is -2.06. The van der Waals surface area contributed by atoms with Gasteiger partial charge in [0.2, 0.25) is 0 Å². The van der Waals surface area contributed by atoms with E-state index in [1.165, 1.54) is 10.8 Å². The second kappa shape index (κ2) is 6.86. The van der Waals surface area contributed by atoms with E-state index in [4.69, 9.17) is 4.74 Å². The highest BCUT2D eigenvalue weighted by Crippen LogP contribution is 2.15. The van der Waals surface area contributed by atoms with Crippen LogP contribution in [0.2, 0.25) is 0 Å². The Morgan fingerprint density at radius 1 is 1.26 bits per heavy atom. The smallest absolute Gasteiger partial charge is 0.318 e. The second-order valence-electron chi connectivity index (χ2n) is 4.38. The number of fused-ring (bicyclic) bond motifs is 1. The van der Waals surface area contributed by atoms with Crippen molar-refractivity contribution in [2.75, 3.05) is 13.2 Å². The molecule has 2 aromatic rings. The van der Waals surface area contributed by atoms with E-state index in [9.17, 15) is 4.79 Å². The molecule has 1 atom stereocenters. The van der Waals surface area contributed by atoms with Gasteiger partial charge in [-0.1, -0.05) is 46.9 Å². The van der Waals surface area contributed by atoms with Crippen molar-refractivity contribution in [1.82, 2.24) is 0 Å². The van der Waals surface area contributed by atoms with Gasteiger partial charge < -0.3 is 10.1 Å². The van der Waals surface area contributed by atoms with E-state index in [1.807, 2.05) is 19.1 Å². The predicted molar refractivity (Wildman–Crippen MR) is 84.8 cm³/mol. The highest BCUT2D eigenvalue weighted by atomic mass is 127. The SMILES string of the molecule is CC(I)C(=O)OCC[NH2+]c1ccc2ccccc2c1. The van der Waals surface area contributed by atoms with E-state index in [1.54, 1.807) is 0 Å². The lowest BCUT2D eigenvalue weighted by Crippen LogP contribution is -2.79.